The summed E-state index contributed by atoms with van der Waals surface area (Å²) in [5.41, 5.74) is 0.289. The summed E-state index contributed by atoms with van der Waals surface area (Å²) >= 11 is 0. The third-order valence-electron chi connectivity index (χ3n) is 4.48. The maximum Gasteiger partial charge on any atom is 0.246 e. The molecule has 0 aromatic carbocycles. The molecule has 3 atom stereocenters. The van der Waals surface area contributed by atoms with E-state index in [1.54, 1.807) is 13.8 Å². The van der Waals surface area contributed by atoms with Crippen LogP contribution in [0.15, 0.2) is 9.42 Å². The van der Waals surface area contributed by atoms with Crippen LogP contribution in [0.3, 0.4) is 0 Å². The second-order valence-corrected chi connectivity index (χ2v) is 7.92. The summed E-state index contributed by atoms with van der Waals surface area (Å²) in [4.78, 5) is 25.8. The van der Waals surface area contributed by atoms with Crippen molar-refractivity contribution in [3.63, 3.8) is 0 Å². The summed E-state index contributed by atoms with van der Waals surface area (Å²) < 4.78 is 32.7. The normalized spacial score (nSPS) is 27.8. The standard InChI is InChI=1S/C14H20N4O5S/c1-7-12(9(3)23-16-7)24(21,22)17-10-4-5-18-11(6-10)13(19)15-8(2)14(18)20/h8,10-11,17H,4-6H2,1-3H3,(H,15,19)/t8?,10-,11-/m0/s1. The van der Waals surface area contributed by atoms with Crippen molar-refractivity contribution in [2.24, 2.45) is 0 Å². The Bertz CT molecular complexity index is 768. The van der Waals surface area contributed by atoms with Crippen molar-refractivity contribution in [1.82, 2.24) is 20.1 Å². The predicted molar refractivity (Wildman–Crippen MR) is 82.4 cm³/mol. The molecule has 2 aliphatic heterocycles. The molecule has 9 nitrogen and oxygen atoms in total. The SMILES string of the molecule is Cc1noc(C)c1S(=O)(=O)N[C@H]1CCN2C(=O)C(C)NC(=O)[C@@H]2C1. The summed E-state index contributed by atoms with van der Waals surface area (Å²) in [5.74, 6) is -0.160. The molecule has 1 unspecified atom stereocenters. The van der Waals surface area contributed by atoms with Crippen molar-refractivity contribution in [2.75, 3.05) is 6.54 Å². The van der Waals surface area contributed by atoms with E-state index in [-0.39, 0.29) is 34.6 Å². The Hall–Kier alpha value is -1.94. The van der Waals surface area contributed by atoms with Crippen LogP contribution in [0, 0.1) is 13.8 Å². The van der Waals surface area contributed by atoms with Crippen LogP contribution in [0.5, 0.6) is 0 Å². The van der Waals surface area contributed by atoms with Crippen LogP contribution >= 0.6 is 0 Å². The molecule has 0 bridgehead atoms. The summed E-state index contributed by atoms with van der Waals surface area (Å²) in [6, 6.07) is -1.61. The number of nitrogens with zero attached hydrogens (tertiary/aromatic N) is 2. The molecule has 2 N–H and O–H groups in total. The Morgan fingerprint density at radius 1 is 1.33 bits per heavy atom. The van der Waals surface area contributed by atoms with Crippen molar-refractivity contribution in [2.45, 2.75) is 56.6 Å². The first kappa shape index (κ1) is 16.9. The van der Waals surface area contributed by atoms with Gasteiger partial charge in [-0.3, -0.25) is 9.59 Å². The first-order valence-electron chi connectivity index (χ1n) is 7.76. The highest BCUT2D eigenvalue weighted by Crippen LogP contribution is 2.25. The van der Waals surface area contributed by atoms with Crippen LogP contribution in [-0.2, 0) is 19.6 Å². The van der Waals surface area contributed by atoms with Crippen LogP contribution in [0.2, 0.25) is 0 Å². The van der Waals surface area contributed by atoms with Crippen LogP contribution in [0.25, 0.3) is 0 Å². The molecule has 2 aliphatic rings. The Morgan fingerprint density at radius 3 is 2.67 bits per heavy atom. The zero-order chi connectivity index (χ0) is 17.6. The number of rotatable bonds is 3. The lowest BCUT2D eigenvalue weighted by atomic mass is 9.94. The van der Waals surface area contributed by atoms with Crippen LogP contribution in [0.4, 0.5) is 0 Å². The third-order valence-corrected chi connectivity index (χ3v) is 6.24. The molecule has 10 heteroatoms. The number of piperazine rings is 1. The number of hydrogen-bond donors (Lipinski definition) is 2. The Morgan fingerprint density at radius 2 is 2.04 bits per heavy atom. The van der Waals surface area contributed by atoms with Gasteiger partial charge in [-0.05, 0) is 33.6 Å². The number of hydrogen-bond acceptors (Lipinski definition) is 6. The molecule has 0 spiro atoms. The van der Waals surface area contributed by atoms with Gasteiger partial charge in [0.05, 0.1) is 0 Å². The van der Waals surface area contributed by atoms with E-state index in [2.05, 4.69) is 15.2 Å². The van der Waals surface area contributed by atoms with E-state index in [1.807, 2.05) is 0 Å². The molecular formula is C14H20N4O5S. The quantitative estimate of drug-likeness (QED) is 0.749. The summed E-state index contributed by atoms with van der Waals surface area (Å²) in [6.07, 6.45) is 0.692. The molecule has 0 aliphatic carbocycles. The van der Waals surface area contributed by atoms with Crippen molar-refractivity contribution in [1.29, 1.82) is 0 Å². The molecule has 2 saturated heterocycles. The number of aromatic nitrogens is 1. The molecule has 2 amide bonds. The molecule has 3 rings (SSSR count). The predicted octanol–water partition coefficient (Wildman–Crippen LogP) is -0.552. The zero-order valence-electron chi connectivity index (χ0n) is 13.7. The van der Waals surface area contributed by atoms with Gasteiger partial charge in [0.15, 0.2) is 5.76 Å². The first-order chi connectivity index (χ1) is 11.2. The highest BCUT2D eigenvalue weighted by atomic mass is 32.2. The Kier molecular flexibility index (Phi) is 4.12. The number of sulfonamides is 1. The second-order valence-electron chi connectivity index (χ2n) is 6.27. The second kappa shape index (κ2) is 5.85. The highest BCUT2D eigenvalue weighted by Gasteiger charge is 2.43. The summed E-state index contributed by atoms with van der Waals surface area (Å²) in [5, 5.41) is 6.29. The van der Waals surface area contributed by atoms with E-state index in [4.69, 9.17) is 4.52 Å². The van der Waals surface area contributed by atoms with Gasteiger partial charge in [0.1, 0.15) is 22.7 Å². The molecule has 0 radical (unpaired) electrons. The summed E-state index contributed by atoms with van der Waals surface area (Å²) in [6.45, 7) is 5.08. The van der Waals surface area contributed by atoms with Crippen molar-refractivity contribution in [3.05, 3.63) is 11.5 Å². The maximum atomic E-state index is 12.6. The fourth-order valence-corrected chi connectivity index (χ4v) is 4.95. The Labute approximate surface area is 139 Å². The molecule has 2 fully saturated rings. The van der Waals surface area contributed by atoms with E-state index in [0.29, 0.717) is 13.0 Å². The van der Waals surface area contributed by atoms with Gasteiger partial charge < -0.3 is 14.7 Å². The highest BCUT2D eigenvalue weighted by molar-refractivity contribution is 7.89. The Balaban J connectivity index is 1.77. The molecule has 3 heterocycles. The monoisotopic (exact) mass is 356 g/mol. The van der Waals surface area contributed by atoms with Crippen LogP contribution in [-0.4, -0.2) is 55.0 Å². The number of amides is 2. The van der Waals surface area contributed by atoms with Gasteiger partial charge in [-0.2, -0.15) is 0 Å². The van der Waals surface area contributed by atoms with Crippen LogP contribution < -0.4 is 10.0 Å². The zero-order valence-corrected chi connectivity index (χ0v) is 14.5. The minimum absolute atomic E-state index is 0.0303. The van der Waals surface area contributed by atoms with Crippen molar-refractivity contribution < 1.29 is 22.5 Å². The van der Waals surface area contributed by atoms with E-state index < -0.39 is 28.1 Å². The molecule has 1 aromatic rings. The average molecular weight is 356 g/mol. The lowest BCUT2D eigenvalue weighted by Crippen LogP contribution is -2.66. The fourth-order valence-electron chi connectivity index (χ4n) is 3.34. The minimum atomic E-state index is -3.80. The van der Waals surface area contributed by atoms with Gasteiger partial charge in [-0.15, -0.1) is 0 Å². The lowest BCUT2D eigenvalue weighted by molar-refractivity contribution is -0.151. The molecule has 1 aromatic heterocycles. The van der Waals surface area contributed by atoms with E-state index in [0.717, 1.165) is 0 Å². The van der Waals surface area contributed by atoms with E-state index >= 15 is 0 Å². The van der Waals surface area contributed by atoms with Crippen LogP contribution in [0.1, 0.15) is 31.2 Å². The largest absolute Gasteiger partial charge is 0.360 e. The molecule has 132 valence electrons. The van der Waals surface area contributed by atoms with E-state index in [1.165, 1.54) is 11.8 Å². The number of nitrogens with one attached hydrogen (secondary N) is 2. The van der Waals surface area contributed by atoms with Gasteiger partial charge in [0.2, 0.25) is 21.8 Å². The molecule has 0 saturated carbocycles. The lowest BCUT2D eigenvalue weighted by Gasteiger charge is -2.43. The third kappa shape index (κ3) is 2.80. The molecular weight excluding hydrogens is 336 g/mol. The van der Waals surface area contributed by atoms with Crippen molar-refractivity contribution >= 4 is 21.8 Å². The smallest absolute Gasteiger partial charge is 0.246 e. The van der Waals surface area contributed by atoms with Crippen molar-refractivity contribution in [3.8, 4) is 0 Å². The van der Waals surface area contributed by atoms with Gasteiger partial charge in [0, 0.05) is 12.6 Å². The molecule has 24 heavy (non-hydrogen) atoms. The van der Waals surface area contributed by atoms with Gasteiger partial charge in [-0.1, -0.05) is 5.16 Å². The maximum absolute atomic E-state index is 12.6. The first-order valence-corrected chi connectivity index (χ1v) is 9.25. The summed E-state index contributed by atoms with van der Waals surface area (Å²) in [7, 11) is -3.80. The number of carbonyl (C=O) groups excluding carboxylic acids is 2. The topological polar surface area (TPSA) is 122 Å². The van der Waals surface area contributed by atoms with Gasteiger partial charge in [0.25, 0.3) is 0 Å². The number of aryl methyl sites for hydroxylation is 2. The number of piperidine rings is 1. The van der Waals surface area contributed by atoms with Gasteiger partial charge in [-0.25, -0.2) is 13.1 Å². The number of carbonyl (C=O) groups is 2. The minimum Gasteiger partial charge on any atom is -0.360 e. The van der Waals surface area contributed by atoms with Gasteiger partial charge >= 0.3 is 0 Å². The van der Waals surface area contributed by atoms with E-state index in [9.17, 15) is 18.0 Å². The average Bonchev–Trinajstić information content (AvgIpc) is 2.84. The fraction of sp³-hybridized carbons (Fsp3) is 0.643. The number of fused-ring (bicyclic) bond motifs is 1.